The first-order valence-electron chi connectivity index (χ1n) is 6.69. The average molecular weight is 355 g/mol. The number of benzene rings is 2. The third kappa shape index (κ3) is 3.94. The molecular weight excluding hydrogens is 340 g/mol. The molecule has 0 heterocycles. The summed E-state index contributed by atoms with van der Waals surface area (Å²) in [6.07, 6.45) is 0. The molecule has 0 saturated heterocycles. The van der Waals surface area contributed by atoms with Gasteiger partial charge in [-0.3, -0.25) is 9.52 Å². The highest BCUT2D eigenvalue weighted by molar-refractivity contribution is 7.92. The largest absolute Gasteiger partial charge is 0.492 e. The predicted octanol–water partition coefficient (Wildman–Crippen LogP) is 2.64. The van der Waals surface area contributed by atoms with E-state index in [1.54, 1.807) is 19.1 Å². The molecule has 0 unspecified atom stereocenters. The van der Waals surface area contributed by atoms with E-state index in [0.29, 0.717) is 6.61 Å². The van der Waals surface area contributed by atoms with Crippen LogP contribution in [-0.4, -0.2) is 20.9 Å². The lowest BCUT2D eigenvalue weighted by Gasteiger charge is -2.14. The van der Waals surface area contributed by atoms with Crippen molar-refractivity contribution in [2.24, 2.45) is 5.73 Å². The molecule has 0 fully saturated rings. The zero-order valence-electron chi connectivity index (χ0n) is 12.2. The molecule has 0 bridgehead atoms. The summed E-state index contributed by atoms with van der Waals surface area (Å²) in [6.45, 7) is 2.03. The molecule has 0 aromatic heterocycles. The van der Waals surface area contributed by atoms with Crippen molar-refractivity contribution >= 4 is 33.2 Å². The maximum absolute atomic E-state index is 12.6. The van der Waals surface area contributed by atoms with Gasteiger partial charge in [0.2, 0.25) is 0 Å². The quantitative estimate of drug-likeness (QED) is 0.833. The van der Waals surface area contributed by atoms with Gasteiger partial charge in [0.25, 0.3) is 15.9 Å². The van der Waals surface area contributed by atoms with Crippen molar-refractivity contribution in [2.45, 2.75) is 11.8 Å². The van der Waals surface area contributed by atoms with Gasteiger partial charge < -0.3 is 10.5 Å². The number of sulfonamides is 1. The number of amides is 1. The van der Waals surface area contributed by atoms with Gasteiger partial charge in [0, 0.05) is 5.02 Å². The summed E-state index contributed by atoms with van der Waals surface area (Å²) in [6, 6.07) is 10.3. The summed E-state index contributed by atoms with van der Waals surface area (Å²) < 4.78 is 32.9. The van der Waals surface area contributed by atoms with Crippen LogP contribution in [0.15, 0.2) is 47.4 Å². The fraction of sp³-hybridized carbons (Fsp3) is 0.133. The minimum Gasteiger partial charge on any atom is -0.492 e. The topological polar surface area (TPSA) is 98.5 Å². The Hall–Kier alpha value is -2.25. The molecule has 1 amide bonds. The molecule has 2 aromatic carbocycles. The second kappa shape index (κ2) is 6.89. The zero-order valence-corrected chi connectivity index (χ0v) is 13.8. The van der Waals surface area contributed by atoms with Crippen LogP contribution >= 0.6 is 11.6 Å². The van der Waals surface area contributed by atoms with Gasteiger partial charge >= 0.3 is 0 Å². The lowest BCUT2D eigenvalue weighted by molar-refractivity contribution is 0.100. The Morgan fingerprint density at radius 2 is 1.96 bits per heavy atom. The number of carbonyl (C=O) groups excluding carboxylic acids is 1. The van der Waals surface area contributed by atoms with Gasteiger partial charge in [-0.1, -0.05) is 23.7 Å². The van der Waals surface area contributed by atoms with Crippen molar-refractivity contribution in [2.75, 3.05) is 11.3 Å². The van der Waals surface area contributed by atoms with Crippen LogP contribution in [0, 0.1) is 0 Å². The molecule has 0 radical (unpaired) electrons. The van der Waals surface area contributed by atoms with Crippen LogP contribution in [0.5, 0.6) is 5.75 Å². The maximum Gasteiger partial charge on any atom is 0.265 e. The molecule has 0 atom stereocenters. The van der Waals surface area contributed by atoms with Crippen molar-refractivity contribution in [3.05, 3.63) is 53.1 Å². The molecule has 0 aliphatic rings. The number of anilines is 1. The number of nitrogens with one attached hydrogen (secondary N) is 1. The van der Waals surface area contributed by atoms with Crippen molar-refractivity contribution in [3.8, 4) is 5.75 Å². The van der Waals surface area contributed by atoms with E-state index in [1.165, 1.54) is 30.3 Å². The lowest BCUT2D eigenvalue weighted by Crippen LogP contribution is -2.19. The number of hydrogen-bond donors (Lipinski definition) is 2. The molecule has 23 heavy (non-hydrogen) atoms. The summed E-state index contributed by atoms with van der Waals surface area (Å²) in [7, 11) is -4.01. The molecule has 122 valence electrons. The zero-order chi connectivity index (χ0) is 17.0. The molecule has 0 spiro atoms. The fourth-order valence-electron chi connectivity index (χ4n) is 1.95. The van der Waals surface area contributed by atoms with E-state index < -0.39 is 15.9 Å². The number of ether oxygens (including phenoxy) is 1. The Kier molecular flexibility index (Phi) is 5.12. The second-order valence-electron chi connectivity index (χ2n) is 4.54. The van der Waals surface area contributed by atoms with Crippen molar-refractivity contribution < 1.29 is 17.9 Å². The first-order chi connectivity index (χ1) is 10.8. The summed E-state index contributed by atoms with van der Waals surface area (Å²) >= 11 is 5.89. The molecule has 0 aliphatic carbocycles. The van der Waals surface area contributed by atoms with Gasteiger partial charge in [0.1, 0.15) is 10.6 Å². The number of rotatable bonds is 6. The third-order valence-corrected chi connectivity index (χ3v) is 4.55. The molecule has 3 N–H and O–H groups in total. The van der Waals surface area contributed by atoms with Crippen LogP contribution in [0.1, 0.15) is 17.3 Å². The number of carbonyl (C=O) groups is 1. The second-order valence-corrected chi connectivity index (χ2v) is 6.63. The minimum atomic E-state index is -4.01. The monoisotopic (exact) mass is 354 g/mol. The smallest absolute Gasteiger partial charge is 0.265 e. The average Bonchev–Trinajstić information content (AvgIpc) is 2.49. The highest BCUT2D eigenvalue weighted by Crippen LogP contribution is 2.29. The standard InChI is InChI=1S/C15H15ClN2O4S/c1-2-22-13-8-7-10(16)9-14(13)23(20,21)18-12-6-4-3-5-11(12)15(17)19/h3-9,18H,2H2,1H3,(H2,17,19). The number of para-hydroxylation sites is 1. The third-order valence-electron chi connectivity index (χ3n) is 2.93. The first-order valence-corrected chi connectivity index (χ1v) is 8.55. The van der Waals surface area contributed by atoms with E-state index >= 15 is 0 Å². The Balaban J connectivity index is 2.48. The van der Waals surface area contributed by atoms with Crippen LogP contribution in [0.3, 0.4) is 0 Å². The Morgan fingerprint density at radius 3 is 2.61 bits per heavy atom. The normalized spacial score (nSPS) is 11.0. The summed E-state index contributed by atoms with van der Waals surface area (Å²) in [5.74, 6) is -0.569. The summed E-state index contributed by atoms with van der Waals surface area (Å²) in [5.41, 5.74) is 5.41. The molecule has 8 heteroatoms. The van der Waals surface area contributed by atoms with E-state index in [9.17, 15) is 13.2 Å². The first kappa shape index (κ1) is 17.1. The van der Waals surface area contributed by atoms with Gasteiger partial charge in [-0.05, 0) is 37.3 Å². The van der Waals surface area contributed by atoms with Gasteiger partial charge in [-0.15, -0.1) is 0 Å². The number of hydrogen-bond acceptors (Lipinski definition) is 4. The minimum absolute atomic E-state index is 0.0658. The summed E-state index contributed by atoms with van der Waals surface area (Å²) in [4.78, 5) is 11.3. The fourth-order valence-corrected chi connectivity index (χ4v) is 3.44. The molecule has 2 aromatic rings. The molecule has 6 nitrogen and oxygen atoms in total. The van der Waals surface area contributed by atoms with Crippen LogP contribution < -0.4 is 15.2 Å². The Bertz CT molecular complexity index is 837. The van der Waals surface area contributed by atoms with E-state index in [0.717, 1.165) is 0 Å². The Morgan fingerprint density at radius 1 is 1.26 bits per heavy atom. The number of primary amides is 1. The molecule has 0 saturated carbocycles. The van der Waals surface area contributed by atoms with E-state index in [4.69, 9.17) is 22.1 Å². The molecular formula is C15H15ClN2O4S. The number of halogens is 1. The van der Waals surface area contributed by atoms with Crippen molar-refractivity contribution in [1.82, 2.24) is 0 Å². The lowest BCUT2D eigenvalue weighted by atomic mass is 10.2. The van der Waals surface area contributed by atoms with Crippen LogP contribution in [-0.2, 0) is 10.0 Å². The van der Waals surface area contributed by atoms with E-state index in [1.807, 2.05) is 0 Å². The molecule has 0 aliphatic heterocycles. The van der Waals surface area contributed by atoms with E-state index in [2.05, 4.69) is 4.72 Å². The van der Waals surface area contributed by atoms with Crippen molar-refractivity contribution in [1.29, 1.82) is 0 Å². The van der Waals surface area contributed by atoms with Gasteiger partial charge in [-0.25, -0.2) is 8.42 Å². The summed E-state index contributed by atoms with van der Waals surface area (Å²) in [5, 5.41) is 0.247. The van der Waals surface area contributed by atoms with Crippen LogP contribution in [0.2, 0.25) is 5.02 Å². The number of nitrogens with two attached hydrogens (primary N) is 1. The SMILES string of the molecule is CCOc1ccc(Cl)cc1S(=O)(=O)Nc1ccccc1C(N)=O. The highest BCUT2D eigenvalue weighted by atomic mass is 35.5. The van der Waals surface area contributed by atoms with E-state index in [-0.39, 0.29) is 26.9 Å². The van der Waals surface area contributed by atoms with Gasteiger partial charge in [-0.2, -0.15) is 0 Å². The van der Waals surface area contributed by atoms with Crippen LogP contribution in [0.4, 0.5) is 5.69 Å². The maximum atomic E-state index is 12.6. The highest BCUT2D eigenvalue weighted by Gasteiger charge is 2.22. The Labute approximate surface area is 139 Å². The molecule has 2 rings (SSSR count). The van der Waals surface area contributed by atoms with Gasteiger partial charge in [0.05, 0.1) is 17.9 Å². The van der Waals surface area contributed by atoms with Gasteiger partial charge in [0.15, 0.2) is 0 Å². The predicted molar refractivity (Wildman–Crippen MR) is 88.4 cm³/mol. The van der Waals surface area contributed by atoms with Crippen molar-refractivity contribution in [3.63, 3.8) is 0 Å². The van der Waals surface area contributed by atoms with Crippen LogP contribution in [0.25, 0.3) is 0 Å².